The van der Waals surface area contributed by atoms with Gasteiger partial charge in [0.25, 0.3) is 5.91 Å². The average molecular weight is 361 g/mol. The van der Waals surface area contributed by atoms with Gasteiger partial charge in [0, 0.05) is 18.1 Å². The Morgan fingerprint density at radius 1 is 1.00 bits per heavy atom. The zero-order chi connectivity index (χ0) is 19.6. The van der Waals surface area contributed by atoms with Crippen molar-refractivity contribution in [1.82, 2.24) is 9.88 Å². The lowest BCUT2D eigenvalue weighted by atomic mass is 10.1. The third-order valence-electron chi connectivity index (χ3n) is 4.49. The maximum Gasteiger partial charge on any atom is 0.272 e. The van der Waals surface area contributed by atoms with E-state index in [2.05, 4.69) is 10.3 Å². The zero-order valence-corrected chi connectivity index (χ0v) is 16.0. The fraction of sp³-hybridized carbons (Fsp3) is 0.227. The summed E-state index contributed by atoms with van der Waals surface area (Å²) in [7, 11) is 1.60. The summed E-state index contributed by atoms with van der Waals surface area (Å²) in [5, 5.41) is 3.89. The minimum atomic E-state index is -0.284. The van der Waals surface area contributed by atoms with Crippen molar-refractivity contribution < 1.29 is 9.59 Å². The Hall–Kier alpha value is -3.21. The van der Waals surface area contributed by atoms with Gasteiger partial charge in [0.2, 0.25) is 5.91 Å². The maximum atomic E-state index is 12.6. The number of likely N-dealkylation sites (N-methyl/N-ethyl adjacent to an activating group) is 1. The predicted molar refractivity (Wildman–Crippen MR) is 108 cm³/mol. The Morgan fingerprint density at radius 3 is 2.37 bits per heavy atom. The Kier molecular flexibility index (Phi) is 5.21. The quantitative estimate of drug-likeness (QED) is 0.767. The fourth-order valence-corrected chi connectivity index (χ4v) is 3.22. The molecule has 2 aromatic carbocycles. The second-order valence-electron chi connectivity index (χ2n) is 6.87. The number of fused-ring (bicyclic) bond motifs is 1. The largest absolute Gasteiger partial charge is 0.331 e. The van der Waals surface area contributed by atoms with Crippen LogP contribution in [0.2, 0.25) is 0 Å². The molecule has 0 fully saturated rings. The van der Waals surface area contributed by atoms with Gasteiger partial charge in [0.05, 0.1) is 12.1 Å². The lowest BCUT2D eigenvalue weighted by Gasteiger charge is -2.18. The molecule has 0 aliphatic rings. The number of nitrogens with one attached hydrogen (secondary N) is 1. The lowest BCUT2D eigenvalue weighted by Crippen LogP contribution is -2.35. The Labute approximate surface area is 159 Å². The summed E-state index contributed by atoms with van der Waals surface area (Å²) in [6, 6.07) is 15.2. The molecule has 1 N–H and O–H groups in total. The number of nitrogens with zero attached hydrogens (tertiary/aromatic N) is 2. The van der Waals surface area contributed by atoms with Gasteiger partial charge in [-0.05, 0) is 44.0 Å². The first-order chi connectivity index (χ1) is 12.8. The first-order valence-electron chi connectivity index (χ1n) is 8.84. The summed E-state index contributed by atoms with van der Waals surface area (Å²) in [5.74, 6) is -0.519. The van der Waals surface area contributed by atoms with E-state index in [4.69, 9.17) is 0 Å². The van der Waals surface area contributed by atoms with Crippen LogP contribution in [0.5, 0.6) is 0 Å². The summed E-state index contributed by atoms with van der Waals surface area (Å²) in [6.45, 7) is 5.90. The molecule has 0 aliphatic carbocycles. The Morgan fingerprint density at radius 2 is 1.67 bits per heavy atom. The van der Waals surface area contributed by atoms with E-state index in [1.54, 1.807) is 13.1 Å². The van der Waals surface area contributed by atoms with Crippen molar-refractivity contribution in [2.75, 3.05) is 18.9 Å². The first kappa shape index (κ1) is 18.6. The molecule has 1 heterocycles. The van der Waals surface area contributed by atoms with Crippen molar-refractivity contribution in [3.63, 3.8) is 0 Å². The topological polar surface area (TPSA) is 62.3 Å². The molecule has 1 aromatic heterocycles. The SMILES string of the molecule is Cc1cc(C)c(NC(=O)CN(C)C(=O)c2ccc3ccccc3n2)c(C)c1. The summed E-state index contributed by atoms with van der Waals surface area (Å²) in [5.41, 5.74) is 5.05. The lowest BCUT2D eigenvalue weighted by molar-refractivity contribution is -0.116. The van der Waals surface area contributed by atoms with Crippen LogP contribution in [0.1, 0.15) is 27.2 Å². The van der Waals surface area contributed by atoms with E-state index < -0.39 is 0 Å². The maximum absolute atomic E-state index is 12.6. The molecule has 0 spiro atoms. The molecule has 0 aliphatic heterocycles. The van der Waals surface area contributed by atoms with E-state index in [9.17, 15) is 9.59 Å². The van der Waals surface area contributed by atoms with Crippen LogP contribution in [-0.4, -0.2) is 35.3 Å². The van der Waals surface area contributed by atoms with Crippen molar-refractivity contribution in [3.8, 4) is 0 Å². The van der Waals surface area contributed by atoms with Gasteiger partial charge in [0.15, 0.2) is 0 Å². The van der Waals surface area contributed by atoms with Crippen LogP contribution in [-0.2, 0) is 4.79 Å². The summed E-state index contributed by atoms with van der Waals surface area (Å²) < 4.78 is 0. The minimum absolute atomic E-state index is 0.0416. The van der Waals surface area contributed by atoms with E-state index in [-0.39, 0.29) is 18.4 Å². The molecule has 3 rings (SSSR count). The molecule has 0 atom stereocenters. The first-order valence-corrected chi connectivity index (χ1v) is 8.84. The fourth-order valence-electron chi connectivity index (χ4n) is 3.22. The number of amides is 2. The number of aryl methyl sites for hydroxylation is 3. The highest BCUT2D eigenvalue weighted by molar-refractivity contribution is 5.99. The van der Waals surface area contributed by atoms with Crippen molar-refractivity contribution in [1.29, 1.82) is 0 Å². The molecule has 0 saturated heterocycles. The Bertz CT molecular complexity index is 1000. The van der Waals surface area contributed by atoms with Gasteiger partial charge >= 0.3 is 0 Å². The second-order valence-corrected chi connectivity index (χ2v) is 6.87. The molecular formula is C22H23N3O2. The van der Waals surface area contributed by atoms with E-state index in [1.165, 1.54) is 4.90 Å². The van der Waals surface area contributed by atoms with Crippen LogP contribution < -0.4 is 5.32 Å². The number of aromatic nitrogens is 1. The summed E-state index contributed by atoms with van der Waals surface area (Å²) >= 11 is 0. The number of carbonyl (C=O) groups is 2. The Balaban J connectivity index is 1.71. The van der Waals surface area contributed by atoms with E-state index in [1.807, 2.05) is 63.2 Å². The van der Waals surface area contributed by atoms with Crippen LogP contribution in [0.4, 0.5) is 5.69 Å². The number of hydrogen-bond acceptors (Lipinski definition) is 3. The normalized spacial score (nSPS) is 10.7. The highest BCUT2D eigenvalue weighted by Gasteiger charge is 2.17. The monoisotopic (exact) mass is 361 g/mol. The highest BCUT2D eigenvalue weighted by Crippen LogP contribution is 2.22. The smallest absolute Gasteiger partial charge is 0.272 e. The van der Waals surface area contributed by atoms with Crippen LogP contribution in [0.15, 0.2) is 48.5 Å². The van der Waals surface area contributed by atoms with E-state index >= 15 is 0 Å². The van der Waals surface area contributed by atoms with E-state index in [0.29, 0.717) is 5.69 Å². The van der Waals surface area contributed by atoms with Crippen molar-refractivity contribution in [2.24, 2.45) is 0 Å². The number of pyridine rings is 1. The second kappa shape index (κ2) is 7.58. The van der Waals surface area contributed by atoms with Gasteiger partial charge in [0.1, 0.15) is 5.69 Å². The van der Waals surface area contributed by atoms with Crippen molar-refractivity contribution in [2.45, 2.75) is 20.8 Å². The molecule has 2 amide bonds. The number of carbonyl (C=O) groups excluding carboxylic acids is 2. The van der Waals surface area contributed by atoms with Gasteiger partial charge < -0.3 is 10.2 Å². The van der Waals surface area contributed by atoms with Crippen molar-refractivity contribution in [3.05, 3.63) is 70.9 Å². The molecule has 0 unspecified atom stereocenters. The molecule has 0 saturated carbocycles. The highest BCUT2D eigenvalue weighted by atomic mass is 16.2. The summed E-state index contributed by atoms with van der Waals surface area (Å²) in [6.07, 6.45) is 0. The number of anilines is 1. The molecule has 0 radical (unpaired) electrons. The van der Waals surface area contributed by atoms with Crippen LogP contribution in [0.25, 0.3) is 10.9 Å². The van der Waals surface area contributed by atoms with Crippen LogP contribution in [0, 0.1) is 20.8 Å². The predicted octanol–water partition coefficient (Wildman–Crippen LogP) is 3.87. The molecule has 5 heteroatoms. The van der Waals surface area contributed by atoms with Crippen molar-refractivity contribution >= 4 is 28.4 Å². The summed E-state index contributed by atoms with van der Waals surface area (Å²) in [4.78, 5) is 30.9. The third-order valence-corrected chi connectivity index (χ3v) is 4.49. The molecule has 5 nitrogen and oxygen atoms in total. The number of hydrogen-bond donors (Lipinski definition) is 1. The third kappa shape index (κ3) is 4.14. The van der Waals surface area contributed by atoms with Gasteiger partial charge in [-0.15, -0.1) is 0 Å². The molecular weight excluding hydrogens is 338 g/mol. The van der Waals surface area contributed by atoms with Gasteiger partial charge in [-0.25, -0.2) is 4.98 Å². The van der Waals surface area contributed by atoms with Crippen LogP contribution >= 0.6 is 0 Å². The van der Waals surface area contributed by atoms with Gasteiger partial charge in [-0.1, -0.05) is 42.0 Å². The van der Waals surface area contributed by atoms with Gasteiger partial charge in [-0.3, -0.25) is 9.59 Å². The average Bonchev–Trinajstić information content (AvgIpc) is 2.63. The zero-order valence-electron chi connectivity index (χ0n) is 16.0. The number of para-hydroxylation sites is 1. The molecule has 3 aromatic rings. The van der Waals surface area contributed by atoms with Crippen LogP contribution in [0.3, 0.4) is 0 Å². The minimum Gasteiger partial charge on any atom is -0.331 e. The molecule has 138 valence electrons. The van der Waals surface area contributed by atoms with Gasteiger partial charge in [-0.2, -0.15) is 0 Å². The van der Waals surface area contributed by atoms with E-state index in [0.717, 1.165) is 33.3 Å². The standard InChI is InChI=1S/C22H23N3O2/c1-14-11-15(2)21(16(3)12-14)24-20(26)13-25(4)22(27)19-10-9-17-7-5-6-8-18(17)23-19/h5-12H,13H2,1-4H3,(H,24,26). The molecule has 0 bridgehead atoms. The molecule has 27 heavy (non-hydrogen) atoms. The number of rotatable bonds is 4. The number of benzene rings is 2.